The van der Waals surface area contributed by atoms with E-state index in [1.807, 2.05) is 40.4 Å². The van der Waals surface area contributed by atoms with Crippen molar-refractivity contribution >= 4 is 27.4 Å². The third kappa shape index (κ3) is 4.38. The van der Waals surface area contributed by atoms with Crippen molar-refractivity contribution in [2.45, 2.75) is 38.8 Å². The predicted molar refractivity (Wildman–Crippen MR) is 131 cm³/mol. The Kier molecular flexibility index (Phi) is 5.80. The topological polar surface area (TPSA) is 68.1 Å². The highest BCUT2D eigenvalue weighted by molar-refractivity contribution is 7.19. The van der Waals surface area contributed by atoms with Gasteiger partial charge in [0.1, 0.15) is 16.5 Å². The van der Waals surface area contributed by atoms with Crippen LogP contribution in [0.15, 0.2) is 42.7 Å². The summed E-state index contributed by atoms with van der Waals surface area (Å²) in [4.78, 5) is 15.0. The average molecular weight is 461 g/mol. The van der Waals surface area contributed by atoms with E-state index >= 15 is 0 Å². The molecule has 33 heavy (non-hydrogen) atoms. The van der Waals surface area contributed by atoms with Crippen molar-refractivity contribution in [1.82, 2.24) is 24.6 Å². The summed E-state index contributed by atoms with van der Waals surface area (Å²) in [7, 11) is 0. The van der Waals surface area contributed by atoms with Gasteiger partial charge in [0.05, 0.1) is 37.0 Å². The van der Waals surface area contributed by atoms with Crippen LogP contribution >= 0.6 is 11.3 Å². The van der Waals surface area contributed by atoms with Crippen molar-refractivity contribution in [2.24, 2.45) is 0 Å². The van der Waals surface area contributed by atoms with Crippen molar-refractivity contribution < 1.29 is 4.74 Å². The van der Waals surface area contributed by atoms with Crippen LogP contribution in [0.1, 0.15) is 34.7 Å². The van der Waals surface area contributed by atoms with Crippen molar-refractivity contribution in [3.05, 3.63) is 64.6 Å². The largest absolute Gasteiger partial charge is 0.379 e. The number of ether oxygens (including phenoxy) is 1. The zero-order valence-corrected chi connectivity index (χ0v) is 19.5. The van der Waals surface area contributed by atoms with Gasteiger partial charge in [0.25, 0.3) is 0 Å². The van der Waals surface area contributed by atoms with E-state index < -0.39 is 0 Å². The van der Waals surface area contributed by atoms with E-state index in [9.17, 15) is 0 Å². The molecule has 1 fully saturated rings. The number of anilines is 1. The van der Waals surface area contributed by atoms with E-state index in [4.69, 9.17) is 14.7 Å². The van der Waals surface area contributed by atoms with Crippen LogP contribution in [-0.2, 0) is 30.7 Å². The summed E-state index contributed by atoms with van der Waals surface area (Å²) >= 11 is 1.86. The molecule has 8 heteroatoms. The third-order valence-corrected chi connectivity index (χ3v) is 7.63. The van der Waals surface area contributed by atoms with Crippen molar-refractivity contribution in [2.75, 3.05) is 31.6 Å². The van der Waals surface area contributed by atoms with E-state index in [1.54, 1.807) is 0 Å². The van der Waals surface area contributed by atoms with Crippen LogP contribution in [0.25, 0.3) is 15.9 Å². The molecule has 0 spiro atoms. The van der Waals surface area contributed by atoms with Crippen LogP contribution in [0.2, 0.25) is 0 Å². The van der Waals surface area contributed by atoms with E-state index in [0.717, 1.165) is 67.0 Å². The fraction of sp³-hybridized carbons (Fsp3) is 0.400. The number of nitrogens with one attached hydrogen (secondary N) is 1. The number of morpholine rings is 1. The average Bonchev–Trinajstić information content (AvgIpc) is 3.48. The molecule has 1 aliphatic heterocycles. The van der Waals surface area contributed by atoms with Gasteiger partial charge in [-0.3, -0.25) is 4.90 Å². The second-order valence-electron chi connectivity index (χ2n) is 8.75. The Morgan fingerprint density at radius 1 is 1.03 bits per heavy atom. The molecule has 170 valence electrons. The molecule has 6 rings (SSSR count). The Morgan fingerprint density at radius 2 is 1.88 bits per heavy atom. The highest BCUT2D eigenvalue weighted by Gasteiger charge is 2.22. The highest BCUT2D eigenvalue weighted by Crippen LogP contribution is 2.38. The van der Waals surface area contributed by atoms with E-state index in [1.165, 1.54) is 35.1 Å². The van der Waals surface area contributed by atoms with Gasteiger partial charge in [0.2, 0.25) is 0 Å². The maximum absolute atomic E-state index is 5.51. The van der Waals surface area contributed by atoms with Crippen LogP contribution < -0.4 is 5.32 Å². The first-order chi connectivity index (χ1) is 16.3. The summed E-state index contributed by atoms with van der Waals surface area (Å²) in [5.41, 5.74) is 3.65. The lowest BCUT2D eigenvalue weighted by Gasteiger charge is -2.25. The van der Waals surface area contributed by atoms with Crippen molar-refractivity contribution in [3.8, 4) is 5.69 Å². The minimum atomic E-state index is 0.681. The number of hydrogen-bond donors (Lipinski definition) is 1. The van der Waals surface area contributed by atoms with Gasteiger partial charge in [-0.05, 0) is 43.4 Å². The molecule has 4 heterocycles. The van der Waals surface area contributed by atoms with Crippen LogP contribution in [0.5, 0.6) is 0 Å². The first-order valence-electron chi connectivity index (χ1n) is 11.8. The molecular formula is C25H28N6OS. The van der Waals surface area contributed by atoms with Gasteiger partial charge >= 0.3 is 0 Å². The minimum Gasteiger partial charge on any atom is -0.379 e. The smallest absolute Gasteiger partial charge is 0.146 e. The fourth-order valence-electron chi connectivity index (χ4n) is 4.72. The van der Waals surface area contributed by atoms with Gasteiger partial charge in [-0.2, -0.15) is 5.10 Å². The Labute approximate surface area is 197 Å². The van der Waals surface area contributed by atoms with Gasteiger partial charge in [-0.15, -0.1) is 11.3 Å². The zero-order chi connectivity index (χ0) is 22.0. The second kappa shape index (κ2) is 9.21. The fourth-order valence-corrected chi connectivity index (χ4v) is 6.00. The Balaban J connectivity index is 1.29. The standard InChI is InChI=1S/C25H28N6OS/c1-2-6-19(7-3-1)31-16-18(15-27-31)14-26-24-23-20-8-4-5-9-21(20)33-25(23)29-22(28-24)17-30-10-12-32-13-11-30/h1-3,6-7,15-16H,4-5,8-14,17H2,(H,26,28,29). The van der Waals surface area contributed by atoms with E-state index in [0.29, 0.717) is 6.54 Å². The maximum atomic E-state index is 5.51. The monoisotopic (exact) mass is 460 g/mol. The van der Waals surface area contributed by atoms with Crippen LogP contribution in [0.3, 0.4) is 0 Å². The lowest BCUT2D eigenvalue weighted by molar-refractivity contribution is 0.0331. The number of hydrogen-bond acceptors (Lipinski definition) is 7. The molecule has 0 unspecified atom stereocenters. The molecule has 0 saturated carbocycles. The molecule has 2 aliphatic rings. The molecule has 1 N–H and O–H groups in total. The van der Waals surface area contributed by atoms with Crippen molar-refractivity contribution in [1.29, 1.82) is 0 Å². The van der Waals surface area contributed by atoms with E-state index in [-0.39, 0.29) is 0 Å². The molecule has 7 nitrogen and oxygen atoms in total. The number of benzene rings is 1. The van der Waals surface area contributed by atoms with Crippen LogP contribution in [-0.4, -0.2) is 51.0 Å². The Bertz CT molecular complexity index is 1240. The highest BCUT2D eigenvalue weighted by atomic mass is 32.1. The molecule has 1 aliphatic carbocycles. The first-order valence-corrected chi connectivity index (χ1v) is 12.6. The molecule has 4 aromatic rings. The predicted octanol–water partition coefficient (Wildman–Crippen LogP) is 4.20. The maximum Gasteiger partial charge on any atom is 0.146 e. The summed E-state index contributed by atoms with van der Waals surface area (Å²) < 4.78 is 7.43. The number of aromatic nitrogens is 4. The first kappa shape index (κ1) is 20.8. The number of fused-ring (bicyclic) bond motifs is 3. The molecule has 0 atom stereocenters. The zero-order valence-electron chi connectivity index (χ0n) is 18.7. The number of nitrogens with zero attached hydrogens (tertiary/aromatic N) is 5. The molecular weight excluding hydrogens is 432 g/mol. The minimum absolute atomic E-state index is 0.681. The molecule has 1 saturated heterocycles. The number of rotatable bonds is 6. The summed E-state index contributed by atoms with van der Waals surface area (Å²) in [6.45, 7) is 4.88. The summed E-state index contributed by atoms with van der Waals surface area (Å²) in [6, 6.07) is 10.2. The molecule has 0 radical (unpaired) electrons. The van der Waals surface area contributed by atoms with Gasteiger partial charge in [0.15, 0.2) is 0 Å². The van der Waals surface area contributed by atoms with Gasteiger partial charge in [-0.1, -0.05) is 18.2 Å². The Morgan fingerprint density at radius 3 is 2.76 bits per heavy atom. The van der Waals surface area contributed by atoms with E-state index in [2.05, 4.69) is 33.6 Å². The summed E-state index contributed by atoms with van der Waals surface area (Å²) in [5, 5.41) is 9.42. The SMILES string of the molecule is c1ccc(-n2cc(CNc3nc(CN4CCOCC4)nc4sc5c(c34)CCCC5)cn2)cc1. The lowest BCUT2D eigenvalue weighted by Crippen LogP contribution is -2.36. The van der Waals surface area contributed by atoms with Crippen LogP contribution in [0.4, 0.5) is 5.82 Å². The second-order valence-corrected chi connectivity index (χ2v) is 9.83. The summed E-state index contributed by atoms with van der Waals surface area (Å²) in [6.07, 6.45) is 8.82. The molecule has 3 aromatic heterocycles. The van der Waals surface area contributed by atoms with Gasteiger partial charge in [0, 0.05) is 36.3 Å². The molecule has 0 bridgehead atoms. The quantitative estimate of drug-likeness (QED) is 0.465. The van der Waals surface area contributed by atoms with Crippen molar-refractivity contribution in [3.63, 3.8) is 0 Å². The Hall–Kier alpha value is -2.81. The molecule has 1 aromatic carbocycles. The van der Waals surface area contributed by atoms with Crippen LogP contribution in [0, 0.1) is 0 Å². The third-order valence-electron chi connectivity index (χ3n) is 6.45. The molecule has 0 amide bonds. The van der Waals surface area contributed by atoms with Gasteiger partial charge in [-0.25, -0.2) is 14.6 Å². The number of thiophene rings is 1. The lowest BCUT2D eigenvalue weighted by atomic mass is 9.97. The number of aryl methyl sites for hydroxylation is 2. The van der Waals surface area contributed by atoms with Gasteiger partial charge < -0.3 is 10.1 Å². The number of para-hydroxylation sites is 1. The normalized spacial score (nSPS) is 16.7. The summed E-state index contributed by atoms with van der Waals surface area (Å²) in [5.74, 6) is 1.86.